The zero-order chi connectivity index (χ0) is 20.2. The first-order chi connectivity index (χ1) is 12.9. The maximum absolute atomic E-state index is 12.5. The Morgan fingerprint density at radius 3 is 2.26 bits per heavy atom. The van der Waals surface area contributed by atoms with Crippen LogP contribution >= 0.6 is 0 Å². The van der Waals surface area contributed by atoms with Crippen LogP contribution in [0.15, 0.2) is 12.3 Å². The lowest BCUT2D eigenvalue weighted by Gasteiger charge is -2.27. The van der Waals surface area contributed by atoms with E-state index < -0.39 is 12.0 Å². The Bertz CT molecular complexity index is 563. The van der Waals surface area contributed by atoms with Crippen LogP contribution in [0.4, 0.5) is 0 Å². The summed E-state index contributed by atoms with van der Waals surface area (Å²) in [6.45, 7) is 11.0. The molecule has 27 heavy (non-hydrogen) atoms. The molecule has 0 bridgehead atoms. The van der Waals surface area contributed by atoms with E-state index in [9.17, 15) is 14.7 Å². The fourth-order valence-electron chi connectivity index (χ4n) is 3.16. The van der Waals surface area contributed by atoms with Crippen molar-refractivity contribution in [3.8, 4) is 0 Å². The zero-order valence-corrected chi connectivity index (χ0v) is 17.3. The van der Waals surface area contributed by atoms with Crippen molar-refractivity contribution in [2.45, 2.75) is 78.3 Å². The van der Waals surface area contributed by atoms with Gasteiger partial charge >= 0.3 is 5.97 Å². The number of carbonyl (C=O) groups excluding carboxylic acids is 1. The highest BCUT2D eigenvalue weighted by molar-refractivity contribution is 5.87. The Labute approximate surface area is 163 Å². The molecule has 1 amide bonds. The van der Waals surface area contributed by atoms with Crippen LogP contribution in [0, 0.1) is 0 Å². The van der Waals surface area contributed by atoms with Crippen molar-refractivity contribution >= 4 is 11.9 Å². The maximum Gasteiger partial charge on any atom is 0.354 e. The van der Waals surface area contributed by atoms with Crippen LogP contribution in [0.2, 0.25) is 0 Å². The number of hydrogen-bond acceptors (Lipinski definition) is 4. The lowest BCUT2D eigenvalue weighted by molar-refractivity contribution is -0.124. The third-order valence-corrected chi connectivity index (χ3v) is 4.71. The molecule has 0 spiro atoms. The molecule has 0 aliphatic rings. The molecule has 2 atom stereocenters. The van der Waals surface area contributed by atoms with Crippen LogP contribution in [0.3, 0.4) is 0 Å². The van der Waals surface area contributed by atoms with Gasteiger partial charge < -0.3 is 15.3 Å². The van der Waals surface area contributed by atoms with E-state index in [1.54, 1.807) is 6.92 Å². The number of carboxylic acids is 1. The number of amides is 1. The fraction of sp³-hybridized carbons (Fsp3) is 0.750. The Morgan fingerprint density at radius 1 is 1.15 bits per heavy atom. The van der Waals surface area contributed by atoms with Gasteiger partial charge in [-0.1, -0.05) is 39.5 Å². The second-order valence-corrected chi connectivity index (χ2v) is 7.27. The average molecular weight is 381 g/mol. The van der Waals surface area contributed by atoms with Gasteiger partial charge in [0.1, 0.15) is 11.7 Å². The fourth-order valence-corrected chi connectivity index (χ4v) is 3.16. The number of unbranched alkanes of at least 4 members (excludes halogenated alkanes) is 4. The predicted molar refractivity (Wildman–Crippen MR) is 107 cm³/mol. The SMILES string of the molecule is CCCCCN(CCCCC)CC(C)NC(=O)C(C)n1nccc1C(=O)O. The number of hydrogen-bond donors (Lipinski definition) is 2. The summed E-state index contributed by atoms with van der Waals surface area (Å²) < 4.78 is 1.25. The van der Waals surface area contributed by atoms with E-state index >= 15 is 0 Å². The summed E-state index contributed by atoms with van der Waals surface area (Å²) in [5, 5.41) is 16.2. The summed E-state index contributed by atoms with van der Waals surface area (Å²) in [6, 6.07) is 0.730. The number of carbonyl (C=O) groups is 2. The van der Waals surface area contributed by atoms with Gasteiger partial charge in [0, 0.05) is 18.8 Å². The number of nitrogens with zero attached hydrogens (tertiary/aromatic N) is 3. The highest BCUT2D eigenvalue weighted by Gasteiger charge is 2.23. The van der Waals surface area contributed by atoms with Gasteiger partial charge in [0.15, 0.2) is 0 Å². The largest absolute Gasteiger partial charge is 0.477 e. The van der Waals surface area contributed by atoms with E-state index in [-0.39, 0.29) is 17.6 Å². The van der Waals surface area contributed by atoms with E-state index in [4.69, 9.17) is 0 Å². The summed E-state index contributed by atoms with van der Waals surface area (Å²) in [7, 11) is 0. The molecule has 1 aromatic heterocycles. The van der Waals surface area contributed by atoms with Gasteiger partial charge in [-0.3, -0.25) is 4.79 Å². The molecular weight excluding hydrogens is 344 g/mol. The van der Waals surface area contributed by atoms with Gasteiger partial charge in [0.25, 0.3) is 0 Å². The summed E-state index contributed by atoms with van der Waals surface area (Å²) in [6.07, 6.45) is 8.59. The van der Waals surface area contributed by atoms with Crippen molar-refractivity contribution < 1.29 is 14.7 Å². The first-order valence-electron chi connectivity index (χ1n) is 10.2. The van der Waals surface area contributed by atoms with Crippen molar-refractivity contribution in [2.75, 3.05) is 19.6 Å². The molecule has 2 N–H and O–H groups in total. The van der Waals surface area contributed by atoms with Gasteiger partial charge in [-0.2, -0.15) is 5.10 Å². The van der Waals surface area contributed by atoms with E-state index in [2.05, 4.69) is 29.2 Å². The highest BCUT2D eigenvalue weighted by atomic mass is 16.4. The van der Waals surface area contributed by atoms with Crippen molar-refractivity contribution in [3.05, 3.63) is 18.0 Å². The van der Waals surface area contributed by atoms with E-state index in [1.807, 2.05) is 6.92 Å². The predicted octanol–water partition coefficient (Wildman–Crippen LogP) is 3.33. The van der Waals surface area contributed by atoms with E-state index in [0.29, 0.717) is 0 Å². The van der Waals surface area contributed by atoms with Crippen molar-refractivity contribution in [1.82, 2.24) is 20.0 Å². The number of rotatable bonds is 14. The van der Waals surface area contributed by atoms with Crippen LogP contribution in [-0.2, 0) is 4.79 Å². The van der Waals surface area contributed by atoms with Crippen LogP contribution in [0.5, 0.6) is 0 Å². The van der Waals surface area contributed by atoms with Gasteiger partial charge in [0.2, 0.25) is 5.91 Å². The lowest BCUT2D eigenvalue weighted by Crippen LogP contribution is -2.45. The molecule has 1 aromatic rings. The van der Waals surface area contributed by atoms with Gasteiger partial charge in [-0.15, -0.1) is 0 Å². The third kappa shape index (κ3) is 8.12. The van der Waals surface area contributed by atoms with Crippen molar-refractivity contribution in [2.24, 2.45) is 0 Å². The summed E-state index contributed by atoms with van der Waals surface area (Å²) in [5.41, 5.74) is 0.0195. The molecule has 0 aromatic carbocycles. The van der Waals surface area contributed by atoms with Gasteiger partial charge in [0.05, 0.1) is 0 Å². The summed E-state index contributed by atoms with van der Waals surface area (Å²) in [4.78, 5) is 26.2. The van der Waals surface area contributed by atoms with Gasteiger partial charge in [-0.05, 0) is 45.8 Å². The molecule has 0 fully saturated rings. The molecule has 7 heteroatoms. The molecule has 0 aliphatic carbocycles. The first kappa shape index (κ1) is 23.1. The van der Waals surface area contributed by atoms with Crippen molar-refractivity contribution in [3.63, 3.8) is 0 Å². The smallest absolute Gasteiger partial charge is 0.354 e. The molecule has 154 valence electrons. The molecule has 2 unspecified atom stereocenters. The highest BCUT2D eigenvalue weighted by Crippen LogP contribution is 2.10. The summed E-state index contributed by atoms with van der Waals surface area (Å²) >= 11 is 0. The number of aromatic nitrogens is 2. The number of carboxylic acid groups (broad SMARTS) is 1. The first-order valence-corrected chi connectivity index (χ1v) is 10.2. The number of aromatic carboxylic acids is 1. The normalized spacial score (nSPS) is 13.5. The lowest BCUT2D eigenvalue weighted by atomic mass is 10.2. The zero-order valence-electron chi connectivity index (χ0n) is 17.3. The molecule has 7 nitrogen and oxygen atoms in total. The average Bonchev–Trinajstić information content (AvgIpc) is 3.11. The Kier molecular flexibility index (Phi) is 10.7. The number of nitrogens with one attached hydrogen (secondary N) is 1. The van der Waals surface area contributed by atoms with E-state index in [0.717, 1.165) is 19.6 Å². The minimum atomic E-state index is -1.08. The molecule has 0 saturated heterocycles. The minimum absolute atomic E-state index is 0.00737. The van der Waals surface area contributed by atoms with Crippen LogP contribution in [0.25, 0.3) is 0 Å². The van der Waals surface area contributed by atoms with Crippen LogP contribution in [-0.4, -0.2) is 57.3 Å². The second kappa shape index (κ2) is 12.5. The van der Waals surface area contributed by atoms with Gasteiger partial charge in [-0.25, -0.2) is 9.48 Å². The van der Waals surface area contributed by atoms with E-state index in [1.165, 1.54) is 55.5 Å². The van der Waals surface area contributed by atoms with Crippen LogP contribution in [0.1, 0.15) is 82.8 Å². The van der Waals surface area contributed by atoms with Crippen molar-refractivity contribution in [1.29, 1.82) is 0 Å². The Hall–Kier alpha value is -1.89. The molecule has 1 heterocycles. The Morgan fingerprint density at radius 2 is 1.74 bits per heavy atom. The molecular formula is C20H36N4O3. The standard InChI is InChI=1S/C20H36N4O3/c1-5-7-9-13-23(14-10-8-6-2)15-16(3)22-19(25)17(4)24-18(20(26)27)11-12-21-24/h11-12,16-17H,5-10,13-15H2,1-4H3,(H,22,25)(H,26,27). The monoisotopic (exact) mass is 380 g/mol. The quantitative estimate of drug-likeness (QED) is 0.483. The maximum atomic E-state index is 12.5. The molecule has 0 radical (unpaired) electrons. The third-order valence-electron chi connectivity index (χ3n) is 4.71. The summed E-state index contributed by atoms with van der Waals surface area (Å²) in [5.74, 6) is -1.30. The molecule has 0 saturated carbocycles. The molecule has 1 rings (SSSR count). The second-order valence-electron chi connectivity index (χ2n) is 7.27. The molecule has 0 aliphatic heterocycles. The topological polar surface area (TPSA) is 87.5 Å². The Balaban J connectivity index is 2.59. The minimum Gasteiger partial charge on any atom is -0.477 e. The van der Waals surface area contributed by atoms with Crippen LogP contribution < -0.4 is 5.32 Å².